The lowest BCUT2D eigenvalue weighted by Gasteiger charge is -2.26. The van der Waals surface area contributed by atoms with Crippen LogP contribution in [0.3, 0.4) is 0 Å². The van der Waals surface area contributed by atoms with E-state index in [4.69, 9.17) is 22.5 Å². The summed E-state index contributed by atoms with van der Waals surface area (Å²) in [6.07, 6.45) is 0.0425. The second-order valence-electron chi connectivity index (χ2n) is 4.63. The fraction of sp³-hybridized carbons (Fsp3) is 0.417. The van der Waals surface area contributed by atoms with Gasteiger partial charge in [-0.05, 0) is 32.0 Å². The van der Waals surface area contributed by atoms with Crippen LogP contribution in [0.15, 0.2) is 28.3 Å². The summed E-state index contributed by atoms with van der Waals surface area (Å²) in [5.41, 5.74) is 5.35. The fourth-order valence-corrected chi connectivity index (χ4v) is 3.86. The van der Waals surface area contributed by atoms with Crippen molar-refractivity contribution in [1.82, 2.24) is 4.31 Å². The topological polar surface area (TPSA) is 96.0 Å². The number of oxime groups is 1. The largest absolute Gasteiger partial charge is 0.409 e. The molecule has 0 aliphatic heterocycles. The molecule has 0 saturated carbocycles. The number of sulfonamides is 1. The molecule has 1 aromatic rings. The van der Waals surface area contributed by atoms with Gasteiger partial charge in [0.05, 0.1) is 5.02 Å². The van der Waals surface area contributed by atoms with Crippen molar-refractivity contribution in [3.63, 3.8) is 0 Å². The van der Waals surface area contributed by atoms with Gasteiger partial charge in [0.25, 0.3) is 0 Å². The first-order valence-corrected chi connectivity index (χ1v) is 7.95. The summed E-state index contributed by atoms with van der Waals surface area (Å²) in [5, 5.41) is 11.2. The quantitative estimate of drug-likeness (QED) is 0.359. The second kappa shape index (κ2) is 7.06. The number of amidine groups is 1. The van der Waals surface area contributed by atoms with Crippen molar-refractivity contribution >= 4 is 27.5 Å². The van der Waals surface area contributed by atoms with Crippen molar-refractivity contribution in [1.29, 1.82) is 0 Å². The number of nitrogens with zero attached hydrogens (tertiary/aromatic N) is 2. The van der Waals surface area contributed by atoms with Gasteiger partial charge in [-0.3, -0.25) is 0 Å². The lowest BCUT2D eigenvalue weighted by atomic mass is 10.3. The summed E-state index contributed by atoms with van der Waals surface area (Å²) in [4.78, 5) is -0.308. The number of rotatable bonds is 6. The van der Waals surface area contributed by atoms with Crippen molar-refractivity contribution in [3.05, 3.63) is 29.0 Å². The van der Waals surface area contributed by atoms with Gasteiger partial charge in [0.1, 0.15) is 16.5 Å². The molecule has 1 aromatic carbocycles. The van der Waals surface area contributed by atoms with Crippen molar-refractivity contribution in [2.75, 3.05) is 6.54 Å². The third kappa shape index (κ3) is 4.29. The van der Waals surface area contributed by atoms with Crippen LogP contribution in [0.4, 0.5) is 4.39 Å². The average molecular weight is 338 g/mol. The molecule has 0 amide bonds. The molecule has 0 unspecified atom stereocenters. The summed E-state index contributed by atoms with van der Waals surface area (Å²) in [6, 6.07) is 2.74. The van der Waals surface area contributed by atoms with Gasteiger partial charge >= 0.3 is 0 Å². The van der Waals surface area contributed by atoms with Gasteiger partial charge in [-0.1, -0.05) is 16.8 Å². The molecule has 0 fully saturated rings. The predicted octanol–water partition coefficient (Wildman–Crippen LogP) is 2.01. The summed E-state index contributed by atoms with van der Waals surface area (Å²) in [5.74, 6) is -0.792. The number of halogens is 2. The van der Waals surface area contributed by atoms with E-state index in [9.17, 15) is 12.8 Å². The Kier molecular flexibility index (Phi) is 5.94. The highest BCUT2D eigenvalue weighted by Gasteiger charge is 2.29. The Labute approximate surface area is 128 Å². The highest BCUT2D eigenvalue weighted by atomic mass is 35.5. The Morgan fingerprint density at radius 1 is 1.52 bits per heavy atom. The Balaban J connectivity index is 3.19. The van der Waals surface area contributed by atoms with E-state index in [1.807, 2.05) is 0 Å². The molecule has 0 aliphatic carbocycles. The Morgan fingerprint density at radius 2 is 2.14 bits per heavy atom. The zero-order valence-corrected chi connectivity index (χ0v) is 13.2. The fourth-order valence-electron chi connectivity index (χ4n) is 1.73. The van der Waals surface area contributed by atoms with Crippen LogP contribution >= 0.6 is 11.6 Å². The minimum absolute atomic E-state index is 0.0112. The molecular formula is C12H17ClFN3O3S. The molecule has 0 spiro atoms. The van der Waals surface area contributed by atoms with Gasteiger partial charge < -0.3 is 10.9 Å². The molecule has 0 radical (unpaired) electrons. The van der Waals surface area contributed by atoms with Crippen LogP contribution in [-0.4, -0.2) is 36.4 Å². The molecule has 0 atom stereocenters. The minimum atomic E-state index is -3.99. The molecule has 118 valence electrons. The van der Waals surface area contributed by atoms with Crippen molar-refractivity contribution in [2.45, 2.75) is 31.2 Å². The van der Waals surface area contributed by atoms with Crippen LogP contribution in [-0.2, 0) is 10.0 Å². The van der Waals surface area contributed by atoms with E-state index in [1.54, 1.807) is 13.8 Å². The summed E-state index contributed by atoms with van der Waals surface area (Å²) < 4.78 is 39.6. The summed E-state index contributed by atoms with van der Waals surface area (Å²) in [6.45, 7) is 3.32. The first-order valence-electron chi connectivity index (χ1n) is 6.13. The molecule has 0 aliphatic rings. The minimum Gasteiger partial charge on any atom is -0.409 e. The molecule has 1 rings (SSSR count). The van der Waals surface area contributed by atoms with E-state index in [0.717, 1.165) is 16.4 Å². The highest BCUT2D eigenvalue weighted by molar-refractivity contribution is 7.89. The van der Waals surface area contributed by atoms with E-state index in [-0.39, 0.29) is 28.7 Å². The molecule has 0 aromatic heterocycles. The maximum Gasteiger partial charge on any atom is 0.244 e. The zero-order chi connectivity index (χ0) is 16.2. The molecule has 9 heteroatoms. The summed E-state index contributed by atoms with van der Waals surface area (Å²) in [7, 11) is -3.99. The molecule has 0 bridgehead atoms. The van der Waals surface area contributed by atoms with E-state index < -0.39 is 21.9 Å². The number of nitrogens with two attached hydrogens (primary N) is 1. The standard InChI is InChI=1S/C12H17ClFN3O3S/c1-8(2)17(6-5-12(15)16-18)21(19,20)11-7-9(14)3-4-10(11)13/h3-4,7-8,18H,5-6H2,1-2H3,(H2,15,16). The maximum absolute atomic E-state index is 13.3. The Bertz CT molecular complexity index is 635. The molecule has 0 saturated heterocycles. The normalized spacial score (nSPS) is 13.1. The van der Waals surface area contributed by atoms with Crippen LogP contribution in [0.2, 0.25) is 5.02 Å². The lowest BCUT2D eigenvalue weighted by Crippen LogP contribution is -2.39. The van der Waals surface area contributed by atoms with E-state index >= 15 is 0 Å². The third-order valence-electron chi connectivity index (χ3n) is 2.77. The van der Waals surface area contributed by atoms with Crippen molar-refractivity contribution in [3.8, 4) is 0 Å². The smallest absolute Gasteiger partial charge is 0.244 e. The second-order valence-corrected chi connectivity index (χ2v) is 6.89. The Morgan fingerprint density at radius 3 is 2.67 bits per heavy atom. The van der Waals surface area contributed by atoms with E-state index in [2.05, 4.69) is 5.16 Å². The van der Waals surface area contributed by atoms with Gasteiger partial charge in [-0.25, -0.2) is 12.8 Å². The number of hydrogen-bond acceptors (Lipinski definition) is 4. The highest BCUT2D eigenvalue weighted by Crippen LogP contribution is 2.26. The third-order valence-corrected chi connectivity index (χ3v) is 5.33. The molecule has 6 nitrogen and oxygen atoms in total. The molecule has 3 N–H and O–H groups in total. The molecular weight excluding hydrogens is 321 g/mol. The zero-order valence-electron chi connectivity index (χ0n) is 11.6. The number of benzene rings is 1. The first kappa shape index (κ1) is 17.7. The average Bonchev–Trinajstić information content (AvgIpc) is 2.40. The number of hydrogen-bond donors (Lipinski definition) is 2. The van der Waals surface area contributed by atoms with E-state index in [1.165, 1.54) is 6.07 Å². The monoisotopic (exact) mass is 337 g/mol. The van der Waals surface area contributed by atoms with Gasteiger partial charge in [0.15, 0.2) is 0 Å². The maximum atomic E-state index is 13.3. The summed E-state index contributed by atoms with van der Waals surface area (Å²) >= 11 is 5.86. The Hall–Kier alpha value is -1.38. The predicted molar refractivity (Wildman–Crippen MR) is 78.5 cm³/mol. The first-order chi connectivity index (χ1) is 9.70. The van der Waals surface area contributed by atoms with Gasteiger partial charge in [-0.2, -0.15) is 4.31 Å². The molecule has 0 heterocycles. The van der Waals surface area contributed by atoms with Crippen LogP contribution in [0, 0.1) is 5.82 Å². The molecule has 21 heavy (non-hydrogen) atoms. The van der Waals surface area contributed by atoms with Crippen LogP contribution in [0.1, 0.15) is 20.3 Å². The van der Waals surface area contributed by atoms with Crippen LogP contribution in [0.25, 0.3) is 0 Å². The SMILES string of the molecule is CC(C)N(CC/C(N)=N/O)S(=O)(=O)c1cc(F)ccc1Cl. The lowest BCUT2D eigenvalue weighted by molar-refractivity contribution is 0.313. The van der Waals surface area contributed by atoms with E-state index in [0.29, 0.717) is 0 Å². The van der Waals surface area contributed by atoms with Gasteiger partial charge in [0, 0.05) is 19.0 Å². The van der Waals surface area contributed by atoms with Gasteiger partial charge in [-0.15, -0.1) is 0 Å². The van der Waals surface area contributed by atoms with Crippen molar-refractivity contribution < 1.29 is 18.0 Å². The van der Waals surface area contributed by atoms with Crippen LogP contribution in [0.5, 0.6) is 0 Å². The van der Waals surface area contributed by atoms with Gasteiger partial charge in [0.2, 0.25) is 10.0 Å². The van der Waals surface area contributed by atoms with Crippen LogP contribution < -0.4 is 5.73 Å². The van der Waals surface area contributed by atoms with Crippen molar-refractivity contribution in [2.24, 2.45) is 10.9 Å².